The second-order valence-electron chi connectivity index (χ2n) is 3.16. The van der Waals surface area contributed by atoms with E-state index in [4.69, 9.17) is 23.2 Å². The van der Waals surface area contributed by atoms with Gasteiger partial charge in [0, 0.05) is 0 Å². The van der Waals surface area contributed by atoms with Gasteiger partial charge < -0.3 is 0 Å². The lowest BCUT2D eigenvalue weighted by molar-refractivity contribution is 0.797. The van der Waals surface area contributed by atoms with Crippen molar-refractivity contribution >= 4 is 23.2 Å². The number of aromatic nitrogens is 3. The summed E-state index contributed by atoms with van der Waals surface area (Å²) in [7, 11) is 0. The maximum absolute atomic E-state index is 6.03. The van der Waals surface area contributed by atoms with Gasteiger partial charge in [-0.2, -0.15) is 0 Å². The molecular weight excluding hydrogens is 233 g/mol. The van der Waals surface area contributed by atoms with Crippen LogP contribution in [0, 0.1) is 0 Å². The van der Waals surface area contributed by atoms with E-state index in [1.807, 2.05) is 31.2 Å². The Balaban J connectivity index is 2.42. The monoisotopic (exact) mass is 241 g/mol. The van der Waals surface area contributed by atoms with E-state index in [-0.39, 0.29) is 5.38 Å². The lowest BCUT2D eigenvalue weighted by atomic mass is 10.3. The van der Waals surface area contributed by atoms with E-state index >= 15 is 0 Å². The first-order valence-electron chi connectivity index (χ1n) is 4.49. The summed E-state index contributed by atoms with van der Waals surface area (Å²) in [6.45, 7) is 1.85. The largest absolute Gasteiger partial charge is 0.219 e. The van der Waals surface area contributed by atoms with E-state index in [0.29, 0.717) is 5.02 Å². The van der Waals surface area contributed by atoms with Crippen LogP contribution in [0.4, 0.5) is 0 Å². The normalized spacial score (nSPS) is 12.7. The Kier molecular flexibility index (Phi) is 2.93. The Morgan fingerprint density at radius 2 is 2.07 bits per heavy atom. The van der Waals surface area contributed by atoms with Gasteiger partial charge >= 0.3 is 0 Å². The van der Waals surface area contributed by atoms with Crippen LogP contribution >= 0.6 is 23.2 Å². The molecule has 3 nitrogen and oxygen atoms in total. The SMILES string of the molecule is CC(Cl)c1cn(-c2ccccc2Cl)nn1. The number of nitrogens with zero attached hydrogens (tertiary/aromatic N) is 3. The lowest BCUT2D eigenvalue weighted by Crippen LogP contribution is -1.95. The molecule has 5 heteroatoms. The molecule has 1 atom stereocenters. The molecule has 0 aliphatic rings. The third-order valence-electron chi connectivity index (χ3n) is 2.02. The van der Waals surface area contributed by atoms with Crippen LogP contribution in [-0.4, -0.2) is 15.0 Å². The number of rotatable bonds is 2. The topological polar surface area (TPSA) is 30.7 Å². The average molecular weight is 242 g/mol. The average Bonchev–Trinajstić information content (AvgIpc) is 2.67. The van der Waals surface area contributed by atoms with Crippen molar-refractivity contribution in [2.75, 3.05) is 0 Å². The minimum absolute atomic E-state index is 0.152. The Labute approximate surface area is 97.6 Å². The standard InChI is InChI=1S/C10H9Cl2N3/c1-7(11)9-6-15(14-13-9)10-5-3-2-4-8(10)12/h2-7H,1H3. The molecule has 0 fully saturated rings. The number of hydrogen-bond acceptors (Lipinski definition) is 2. The van der Waals surface area contributed by atoms with Crippen molar-refractivity contribution < 1.29 is 0 Å². The molecule has 2 aromatic rings. The van der Waals surface area contributed by atoms with Crippen molar-refractivity contribution in [1.29, 1.82) is 0 Å². The van der Waals surface area contributed by atoms with Crippen molar-refractivity contribution in [1.82, 2.24) is 15.0 Å². The summed E-state index contributed by atoms with van der Waals surface area (Å²) in [6.07, 6.45) is 1.78. The van der Waals surface area contributed by atoms with Crippen molar-refractivity contribution in [3.8, 4) is 5.69 Å². The minimum atomic E-state index is -0.152. The van der Waals surface area contributed by atoms with Gasteiger partial charge in [0.25, 0.3) is 0 Å². The fourth-order valence-corrected chi connectivity index (χ4v) is 1.54. The van der Waals surface area contributed by atoms with Gasteiger partial charge in [-0.25, -0.2) is 4.68 Å². The summed E-state index contributed by atoms with van der Waals surface area (Å²) in [6, 6.07) is 7.45. The van der Waals surface area contributed by atoms with Crippen molar-refractivity contribution in [3.05, 3.63) is 41.2 Å². The van der Waals surface area contributed by atoms with Crippen molar-refractivity contribution in [2.45, 2.75) is 12.3 Å². The van der Waals surface area contributed by atoms with Gasteiger partial charge in [-0.15, -0.1) is 16.7 Å². The maximum Gasteiger partial charge on any atom is 0.101 e. The zero-order valence-corrected chi connectivity index (χ0v) is 9.57. The van der Waals surface area contributed by atoms with E-state index in [0.717, 1.165) is 11.4 Å². The number of halogens is 2. The fraction of sp³-hybridized carbons (Fsp3) is 0.200. The predicted octanol–water partition coefficient (Wildman–Crippen LogP) is 3.22. The molecule has 0 N–H and O–H groups in total. The molecule has 1 aromatic carbocycles. The van der Waals surface area contributed by atoms with Crippen LogP contribution in [0.25, 0.3) is 5.69 Å². The molecule has 1 aromatic heterocycles. The van der Waals surface area contributed by atoms with Crippen LogP contribution in [0.2, 0.25) is 5.02 Å². The number of alkyl halides is 1. The molecule has 0 aliphatic heterocycles. The molecule has 0 saturated heterocycles. The molecule has 0 aliphatic carbocycles. The second kappa shape index (κ2) is 4.21. The summed E-state index contributed by atoms with van der Waals surface area (Å²) in [5, 5.41) is 8.41. The molecular formula is C10H9Cl2N3. The van der Waals surface area contributed by atoms with Crippen LogP contribution < -0.4 is 0 Å². The van der Waals surface area contributed by atoms with Crippen molar-refractivity contribution in [2.24, 2.45) is 0 Å². The summed E-state index contributed by atoms with van der Waals surface area (Å²) in [5.41, 5.74) is 1.53. The molecule has 0 amide bonds. The van der Waals surface area contributed by atoms with Gasteiger partial charge in [0.2, 0.25) is 0 Å². The van der Waals surface area contributed by atoms with Gasteiger partial charge in [-0.05, 0) is 19.1 Å². The zero-order chi connectivity index (χ0) is 10.8. The van der Waals surface area contributed by atoms with Gasteiger partial charge in [-0.3, -0.25) is 0 Å². The van der Waals surface area contributed by atoms with E-state index in [2.05, 4.69) is 10.3 Å². The van der Waals surface area contributed by atoms with Crippen LogP contribution in [0.15, 0.2) is 30.5 Å². The first-order chi connectivity index (χ1) is 7.18. The molecule has 2 rings (SSSR count). The highest BCUT2D eigenvalue weighted by atomic mass is 35.5. The number of hydrogen-bond donors (Lipinski definition) is 0. The summed E-state index contributed by atoms with van der Waals surface area (Å²) in [4.78, 5) is 0. The third-order valence-corrected chi connectivity index (χ3v) is 2.56. The molecule has 0 saturated carbocycles. The van der Waals surface area contributed by atoms with Crippen LogP contribution in [0.1, 0.15) is 18.0 Å². The fourth-order valence-electron chi connectivity index (χ4n) is 1.21. The highest BCUT2D eigenvalue weighted by molar-refractivity contribution is 6.32. The van der Waals surface area contributed by atoms with Crippen molar-refractivity contribution in [3.63, 3.8) is 0 Å². The highest BCUT2D eigenvalue weighted by Crippen LogP contribution is 2.21. The van der Waals surface area contributed by atoms with Crippen LogP contribution in [0.3, 0.4) is 0 Å². The Bertz CT molecular complexity index is 465. The van der Waals surface area contributed by atoms with Gasteiger partial charge in [0.05, 0.1) is 22.3 Å². The summed E-state index contributed by atoms with van der Waals surface area (Å²) >= 11 is 11.9. The Hall–Kier alpha value is -1.06. The minimum Gasteiger partial charge on any atom is -0.219 e. The van der Waals surface area contributed by atoms with E-state index < -0.39 is 0 Å². The second-order valence-corrected chi connectivity index (χ2v) is 4.22. The first-order valence-corrected chi connectivity index (χ1v) is 5.31. The number of para-hydroxylation sites is 1. The lowest BCUT2D eigenvalue weighted by Gasteiger charge is -2.01. The molecule has 78 valence electrons. The van der Waals surface area contributed by atoms with Crippen LogP contribution in [0.5, 0.6) is 0 Å². The predicted molar refractivity (Wildman–Crippen MR) is 60.6 cm³/mol. The summed E-state index contributed by atoms with van der Waals surface area (Å²) in [5.74, 6) is 0. The molecule has 1 unspecified atom stereocenters. The van der Waals surface area contributed by atoms with E-state index in [9.17, 15) is 0 Å². The zero-order valence-electron chi connectivity index (χ0n) is 8.06. The maximum atomic E-state index is 6.03. The Morgan fingerprint density at radius 1 is 1.33 bits per heavy atom. The van der Waals surface area contributed by atoms with Crippen LogP contribution in [-0.2, 0) is 0 Å². The molecule has 15 heavy (non-hydrogen) atoms. The smallest absolute Gasteiger partial charge is 0.101 e. The third kappa shape index (κ3) is 2.13. The van der Waals surface area contributed by atoms with E-state index in [1.54, 1.807) is 10.9 Å². The quantitative estimate of drug-likeness (QED) is 0.757. The molecule has 0 bridgehead atoms. The van der Waals surface area contributed by atoms with Gasteiger partial charge in [0.15, 0.2) is 0 Å². The Morgan fingerprint density at radius 3 is 2.67 bits per heavy atom. The highest BCUT2D eigenvalue weighted by Gasteiger charge is 2.09. The molecule has 1 heterocycles. The van der Waals surface area contributed by atoms with Gasteiger partial charge in [0.1, 0.15) is 5.69 Å². The summed E-state index contributed by atoms with van der Waals surface area (Å²) < 4.78 is 1.62. The first kappa shape index (κ1) is 10.5. The molecule has 0 spiro atoms. The van der Waals surface area contributed by atoms with E-state index in [1.165, 1.54) is 0 Å². The molecule has 0 radical (unpaired) electrons. The van der Waals surface area contributed by atoms with Gasteiger partial charge in [-0.1, -0.05) is 28.9 Å². The number of benzene rings is 1.